The lowest BCUT2D eigenvalue weighted by Crippen LogP contribution is -2.56. The second-order valence-electron chi connectivity index (χ2n) is 3.77. The quantitative estimate of drug-likeness (QED) is 0.602. The van der Waals surface area contributed by atoms with Gasteiger partial charge in [0, 0.05) is 13.0 Å². The van der Waals surface area contributed by atoms with Crippen molar-refractivity contribution >= 4 is 11.9 Å². The molecule has 0 aliphatic carbocycles. The maximum Gasteiger partial charge on any atom is 0.420 e. The first kappa shape index (κ1) is 13.3. The van der Waals surface area contributed by atoms with Crippen molar-refractivity contribution in [2.24, 2.45) is 0 Å². The van der Waals surface area contributed by atoms with Crippen molar-refractivity contribution in [2.45, 2.75) is 31.5 Å². The number of urea groups is 1. The summed E-state index contributed by atoms with van der Waals surface area (Å²) in [6, 6.07) is 0.704. The Bertz CT molecular complexity index is 388. The van der Waals surface area contributed by atoms with Gasteiger partial charge in [0.25, 0.3) is 5.91 Å². The number of nitrogens with zero attached hydrogens (tertiary/aromatic N) is 2. The van der Waals surface area contributed by atoms with Crippen LogP contribution in [-0.2, 0) is 4.79 Å². The molecule has 0 aromatic rings. The average Bonchev–Trinajstić information content (AvgIpc) is 2.42. The van der Waals surface area contributed by atoms with Gasteiger partial charge in [0.2, 0.25) is 5.54 Å². The molecule has 3 amide bonds. The molecule has 0 spiro atoms. The summed E-state index contributed by atoms with van der Waals surface area (Å²) < 4.78 is 37.8. The van der Waals surface area contributed by atoms with E-state index in [1.807, 2.05) is 0 Å². The van der Waals surface area contributed by atoms with Crippen LogP contribution in [0, 0.1) is 11.3 Å². The number of amides is 3. The zero-order valence-corrected chi connectivity index (χ0v) is 8.97. The lowest BCUT2D eigenvalue weighted by molar-refractivity contribution is -0.191. The fourth-order valence-electron chi connectivity index (χ4n) is 1.41. The summed E-state index contributed by atoms with van der Waals surface area (Å²) in [5, 5.41) is 9.90. The second kappa shape index (κ2) is 4.24. The molecule has 1 fully saturated rings. The number of hydrogen-bond donors (Lipinski definition) is 1. The minimum absolute atomic E-state index is 0.0692. The van der Waals surface area contributed by atoms with Crippen LogP contribution in [0.4, 0.5) is 18.0 Å². The van der Waals surface area contributed by atoms with Gasteiger partial charge >= 0.3 is 12.2 Å². The lowest BCUT2D eigenvalue weighted by Gasteiger charge is -2.24. The van der Waals surface area contributed by atoms with Crippen LogP contribution in [-0.4, -0.2) is 35.1 Å². The van der Waals surface area contributed by atoms with E-state index in [1.165, 1.54) is 0 Å². The molecule has 1 rings (SSSR count). The van der Waals surface area contributed by atoms with E-state index in [0.29, 0.717) is 11.8 Å². The summed E-state index contributed by atoms with van der Waals surface area (Å²) in [7, 11) is 0. The molecule has 0 radical (unpaired) electrons. The summed E-state index contributed by atoms with van der Waals surface area (Å²) in [6.45, 7) is 0.432. The van der Waals surface area contributed by atoms with Gasteiger partial charge in [-0.15, -0.1) is 0 Å². The Morgan fingerprint density at radius 1 is 1.47 bits per heavy atom. The maximum atomic E-state index is 12.6. The van der Waals surface area contributed by atoms with Crippen molar-refractivity contribution in [3.05, 3.63) is 0 Å². The molecule has 17 heavy (non-hydrogen) atoms. The van der Waals surface area contributed by atoms with Crippen LogP contribution in [0.5, 0.6) is 0 Å². The van der Waals surface area contributed by atoms with Crippen LogP contribution in [0.3, 0.4) is 0 Å². The molecule has 1 N–H and O–H groups in total. The van der Waals surface area contributed by atoms with Crippen LogP contribution in [0.15, 0.2) is 0 Å². The highest BCUT2D eigenvalue weighted by Crippen LogP contribution is 2.35. The van der Waals surface area contributed by atoms with Crippen LogP contribution in [0.1, 0.15) is 19.8 Å². The minimum Gasteiger partial charge on any atom is -0.316 e. The molecule has 1 heterocycles. The van der Waals surface area contributed by atoms with Crippen molar-refractivity contribution in [2.75, 3.05) is 6.54 Å². The normalized spacial score (nSPS) is 24.8. The second-order valence-corrected chi connectivity index (χ2v) is 3.77. The van der Waals surface area contributed by atoms with E-state index >= 15 is 0 Å². The van der Waals surface area contributed by atoms with E-state index in [0.717, 1.165) is 0 Å². The van der Waals surface area contributed by atoms with Gasteiger partial charge in [0.1, 0.15) is 0 Å². The molecule has 0 bridgehead atoms. The Morgan fingerprint density at radius 2 is 2.06 bits per heavy atom. The number of rotatable bonds is 3. The fraction of sp³-hybridized carbons (Fsp3) is 0.667. The van der Waals surface area contributed by atoms with Crippen LogP contribution in [0.25, 0.3) is 0 Å². The minimum atomic E-state index is -4.84. The Balaban J connectivity index is 2.83. The third-order valence-corrected chi connectivity index (χ3v) is 2.51. The van der Waals surface area contributed by atoms with Gasteiger partial charge in [-0.2, -0.15) is 18.4 Å². The van der Waals surface area contributed by atoms with E-state index in [9.17, 15) is 22.8 Å². The summed E-state index contributed by atoms with van der Waals surface area (Å²) in [4.78, 5) is 23.3. The van der Waals surface area contributed by atoms with Gasteiger partial charge in [-0.25, -0.2) is 4.79 Å². The first-order valence-corrected chi connectivity index (χ1v) is 4.82. The molecule has 1 saturated heterocycles. The zero-order chi connectivity index (χ0) is 13.3. The summed E-state index contributed by atoms with van der Waals surface area (Å²) in [6.07, 6.45) is -4.62. The highest BCUT2D eigenvalue weighted by molar-refractivity contribution is 6.07. The molecule has 0 aromatic carbocycles. The maximum absolute atomic E-state index is 12.6. The number of alkyl halides is 3. The predicted molar refractivity (Wildman–Crippen MR) is 49.6 cm³/mol. The fourth-order valence-corrected chi connectivity index (χ4v) is 1.41. The third-order valence-electron chi connectivity index (χ3n) is 2.51. The van der Waals surface area contributed by atoms with Gasteiger partial charge in [-0.05, 0) is 13.3 Å². The SMILES string of the molecule is CC1(C(F)(F)F)NC(=O)N(CCCC#N)C1=O. The predicted octanol–water partition coefficient (Wildman–Crippen LogP) is 1.16. The molecule has 94 valence electrons. The van der Waals surface area contributed by atoms with E-state index in [1.54, 1.807) is 11.4 Å². The largest absolute Gasteiger partial charge is 0.420 e. The number of halogens is 3. The highest BCUT2D eigenvalue weighted by atomic mass is 19.4. The van der Waals surface area contributed by atoms with Gasteiger partial charge in [-0.3, -0.25) is 9.69 Å². The van der Waals surface area contributed by atoms with Gasteiger partial charge in [0.15, 0.2) is 0 Å². The Hall–Kier alpha value is -1.78. The van der Waals surface area contributed by atoms with Crippen LogP contribution < -0.4 is 5.32 Å². The van der Waals surface area contributed by atoms with Gasteiger partial charge in [0.05, 0.1) is 6.07 Å². The summed E-state index contributed by atoms with van der Waals surface area (Å²) in [5.74, 6) is -1.33. The smallest absolute Gasteiger partial charge is 0.316 e. The van der Waals surface area contributed by atoms with Crippen molar-refractivity contribution in [3.8, 4) is 6.07 Å². The topological polar surface area (TPSA) is 73.2 Å². The number of nitriles is 1. The first-order chi connectivity index (χ1) is 7.74. The summed E-state index contributed by atoms with van der Waals surface area (Å²) >= 11 is 0. The standard InChI is InChI=1S/C9H10F3N3O2/c1-8(9(10,11)12)6(16)15(7(17)14-8)5-3-2-4-13/h2-3,5H2,1H3,(H,14,17). The van der Waals surface area contributed by atoms with E-state index < -0.39 is 23.7 Å². The molecule has 0 saturated carbocycles. The van der Waals surface area contributed by atoms with Gasteiger partial charge < -0.3 is 5.32 Å². The molecule has 5 nitrogen and oxygen atoms in total. The highest BCUT2D eigenvalue weighted by Gasteiger charge is 2.64. The van der Waals surface area contributed by atoms with Crippen molar-refractivity contribution < 1.29 is 22.8 Å². The Kier molecular flexibility index (Phi) is 3.31. The van der Waals surface area contributed by atoms with Gasteiger partial charge in [-0.1, -0.05) is 0 Å². The Morgan fingerprint density at radius 3 is 2.47 bits per heavy atom. The number of carbonyl (C=O) groups is 2. The monoisotopic (exact) mass is 249 g/mol. The molecular weight excluding hydrogens is 239 g/mol. The van der Waals surface area contributed by atoms with Crippen molar-refractivity contribution in [3.63, 3.8) is 0 Å². The first-order valence-electron chi connectivity index (χ1n) is 4.82. The van der Waals surface area contributed by atoms with E-state index in [-0.39, 0.29) is 19.4 Å². The van der Waals surface area contributed by atoms with E-state index in [4.69, 9.17) is 5.26 Å². The lowest BCUT2D eigenvalue weighted by atomic mass is 10.0. The molecule has 8 heteroatoms. The van der Waals surface area contributed by atoms with Crippen molar-refractivity contribution in [1.82, 2.24) is 10.2 Å². The molecule has 0 aromatic heterocycles. The average molecular weight is 249 g/mol. The zero-order valence-electron chi connectivity index (χ0n) is 8.97. The van der Waals surface area contributed by atoms with Crippen LogP contribution >= 0.6 is 0 Å². The molecule has 1 atom stereocenters. The number of unbranched alkanes of at least 4 members (excludes halogenated alkanes) is 1. The molecular formula is C9H10F3N3O2. The Labute approximate surface area is 95.2 Å². The number of imide groups is 1. The van der Waals surface area contributed by atoms with Crippen molar-refractivity contribution in [1.29, 1.82) is 5.26 Å². The molecule has 1 unspecified atom stereocenters. The number of carbonyl (C=O) groups excluding carboxylic acids is 2. The third kappa shape index (κ3) is 2.18. The number of hydrogen-bond acceptors (Lipinski definition) is 3. The van der Waals surface area contributed by atoms with E-state index in [2.05, 4.69) is 0 Å². The molecule has 1 aliphatic heterocycles. The molecule has 1 aliphatic rings. The summed E-state index contributed by atoms with van der Waals surface area (Å²) in [5.41, 5.74) is -2.86. The number of nitrogens with one attached hydrogen (secondary N) is 1. The van der Waals surface area contributed by atoms with Crippen LogP contribution in [0.2, 0.25) is 0 Å².